The molecular weight excluding hydrogens is 312 g/mol. The normalized spacial score (nSPS) is 23.6. The van der Waals surface area contributed by atoms with Crippen molar-refractivity contribution < 1.29 is 4.79 Å². The van der Waals surface area contributed by atoms with Gasteiger partial charge in [0.2, 0.25) is 5.91 Å². The molecule has 5 heteroatoms. The minimum absolute atomic E-state index is 0.314. The Balaban J connectivity index is 1.38. The molecule has 0 unspecified atom stereocenters. The van der Waals surface area contributed by atoms with Gasteiger partial charge in [0.1, 0.15) is 0 Å². The number of aryl methyl sites for hydroxylation is 1. The van der Waals surface area contributed by atoms with Gasteiger partial charge in [0.25, 0.3) is 0 Å². The fraction of sp³-hybridized carbons (Fsp3) is 0.500. The van der Waals surface area contributed by atoms with E-state index in [1.165, 1.54) is 12.0 Å². The van der Waals surface area contributed by atoms with E-state index in [0.717, 1.165) is 39.1 Å². The maximum Gasteiger partial charge on any atom is 0.224 e. The Morgan fingerprint density at radius 2 is 1.88 bits per heavy atom. The lowest BCUT2D eigenvalue weighted by molar-refractivity contribution is -0.135. The lowest BCUT2D eigenvalue weighted by atomic mass is 9.94. The SMILES string of the molecule is O=C(CCn1cccc1)N1C[C@@H]2CC[C@H]1CN(Cc1ccncc1)C2. The first-order chi connectivity index (χ1) is 12.3. The smallest absolute Gasteiger partial charge is 0.224 e. The monoisotopic (exact) mass is 338 g/mol. The summed E-state index contributed by atoms with van der Waals surface area (Å²) in [4.78, 5) is 21.6. The molecule has 0 radical (unpaired) electrons. The molecule has 0 spiro atoms. The van der Waals surface area contributed by atoms with E-state index in [-0.39, 0.29) is 0 Å². The summed E-state index contributed by atoms with van der Waals surface area (Å²) in [5.41, 5.74) is 1.31. The van der Waals surface area contributed by atoms with Crippen molar-refractivity contribution in [1.82, 2.24) is 19.4 Å². The molecule has 2 atom stereocenters. The fourth-order valence-corrected chi connectivity index (χ4v) is 4.25. The number of rotatable bonds is 5. The number of piperidine rings is 1. The third-order valence-corrected chi connectivity index (χ3v) is 5.52. The summed E-state index contributed by atoms with van der Waals surface area (Å²) in [5.74, 6) is 0.922. The minimum Gasteiger partial charge on any atom is -0.354 e. The number of carbonyl (C=O) groups is 1. The van der Waals surface area contributed by atoms with Crippen LogP contribution in [0.25, 0.3) is 0 Å². The molecule has 3 aliphatic heterocycles. The van der Waals surface area contributed by atoms with E-state index < -0.39 is 0 Å². The second-order valence-corrected chi connectivity index (χ2v) is 7.36. The fourth-order valence-electron chi connectivity index (χ4n) is 4.25. The van der Waals surface area contributed by atoms with Crippen LogP contribution in [0.4, 0.5) is 0 Å². The largest absolute Gasteiger partial charge is 0.354 e. The van der Waals surface area contributed by atoms with Crippen LogP contribution in [0.5, 0.6) is 0 Å². The number of pyridine rings is 1. The van der Waals surface area contributed by atoms with E-state index in [1.54, 1.807) is 0 Å². The molecule has 0 saturated carbocycles. The molecule has 5 heterocycles. The predicted molar refractivity (Wildman–Crippen MR) is 96.8 cm³/mol. The molecule has 3 aliphatic rings. The average molecular weight is 338 g/mol. The second kappa shape index (κ2) is 7.40. The maximum atomic E-state index is 12.8. The van der Waals surface area contributed by atoms with Crippen LogP contribution in [0.1, 0.15) is 24.8 Å². The summed E-state index contributed by atoms with van der Waals surface area (Å²) in [6.07, 6.45) is 10.8. The Kier molecular flexibility index (Phi) is 4.83. The van der Waals surface area contributed by atoms with Crippen molar-refractivity contribution in [2.45, 2.75) is 38.4 Å². The van der Waals surface area contributed by atoms with Gasteiger partial charge in [0.05, 0.1) is 0 Å². The highest BCUT2D eigenvalue weighted by atomic mass is 16.2. The van der Waals surface area contributed by atoms with E-state index in [9.17, 15) is 4.79 Å². The van der Waals surface area contributed by atoms with Crippen LogP contribution in [0.3, 0.4) is 0 Å². The summed E-state index contributed by atoms with van der Waals surface area (Å²) in [6.45, 7) is 4.76. The summed E-state index contributed by atoms with van der Waals surface area (Å²) in [6, 6.07) is 8.57. The van der Waals surface area contributed by atoms with Crippen LogP contribution in [0.15, 0.2) is 49.1 Å². The highest BCUT2D eigenvalue weighted by Crippen LogP contribution is 2.29. The second-order valence-electron chi connectivity index (χ2n) is 7.36. The minimum atomic E-state index is 0.314. The Hall–Kier alpha value is -2.14. The quantitative estimate of drug-likeness (QED) is 0.841. The molecule has 2 bridgehead atoms. The van der Waals surface area contributed by atoms with Gasteiger partial charge in [-0.2, -0.15) is 0 Å². The van der Waals surface area contributed by atoms with Gasteiger partial charge < -0.3 is 9.47 Å². The van der Waals surface area contributed by atoms with Crippen molar-refractivity contribution in [3.05, 3.63) is 54.6 Å². The Morgan fingerprint density at radius 3 is 2.68 bits per heavy atom. The van der Waals surface area contributed by atoms with Crippen molar-refractivity contribution in [1.29, 1.82) is 0 Å². The predicted octanol–water partition coefficient (Wildman–Crippen LogP) is 2.40. The van der Waals surface area contributed by atoms with Gasteiger partial charge in [-0.3, -0.25) is 14.7 Å². The summed E-state index contributed by atoms with van der Waals surface area (Å²) < 4.78 is 2.09. The molecule has 0 aromatic carbocycles. The lowest BCUT2D eigenvalue weighted by Gasteiger charge is -2.36. The van der Waals surface area contributed by atoms with Crippen LogP contribution in [0, 0.1) is 5.92 Å². The highest BCUT2D eigenvalue weighted by molar-refractivity contribution is 5.76. The summed E-state index contributed by atoms with van der Waals surface area (Å²) in [5, 5.41) is 0. The third kappa shape index (κ3) is 3.93. The lowest BCUT2D eigenvalue weighted by Crippen LogP contribution is -2.47. The van der Waals surface area contributed by atoms with Gasteiger partial charge in [-0.25, -0.2) is 0 Å². The van der Waals surface area contributed by atoms with Crippen LogP contribution in [0.2, 0.25) is 0 Å². The van der Waals surface area contributed by atoms with Crippen LogP contribution in [-0.4, -0.2) is 50.9 Å². The summed E-state index contributed by atoms with van der Waals surface area (Å²) in [7, 11) is 0. The number of aromatic nitrogens is 2. The zero-order chi connectivity index (χ0) is 17.1. The van der Waals surface area contributed by atoms with Gasteiger partial charge >= 0.3 is 0 Å². The number of nitrogens with zero attached hydrogens (tertiary/aromatic N) is 4. The average Bonchev–Trinajstić information content (AvgIpc) is 3.01. The van der Waals surface area contributed by atoms with Crippen LogP contribution >= 0.6 is 0 Å². The van der Waals surface area contributed by atoms with Gasteiger partial charge in [0.15, 0.2) is 0 Å². The molecule has 3 fully saturated rings. The molecule has 5 nitrogen and oxygen atoms in total. The molecule has 1 amide bonds. The molecule has 0 aliphatic carbocycles. The maximum absolute atomic E-state index is 12.8. The van der Waals surface area contributed by atoms with Crippen molar-refractivity contribution >= 4 is 5.91 Å². The van der Waals surface area contributed by atoms with Crippen molar-refractivity contribution in [3.63, 3.8) is 0 Å². The molecular formula is C20H26N4O. The Morgan fingerprint density at radius 1 is 1.08 bits per heavy atom. The van der Waals surface area contributed by atoms with Gasteiger partial charge in [-0.05, 0) is 48.6 Å². The molecule has 0 N–H and O–H groups in total. The first kappa shape index (κ1) is 16.3. The number of fused-ring (bicyclic) bond motifs is 4. The van der Waals surface area contributed by atoms with Crippen LogP contribution < -0.4 is 0 Å². The number of carbonyl (C=O) groups excluding carboxylic acids is 1. The molecule has 3 saturated heterocycles. The van der Waals surface area contributed by atoms with Crippen LogP contribution in [-0.2, 0) is 17.9 Å². The molecule has 2 aromatic heterocycles. The van der Waals surface area contributed by atoms with Gasteiger partial charge in [0, 0.05) is 70.0 Å². The van der Waals surface area contributed by atoms with Gasteiger partial charge in [-0.1, -0.05) is 0 Å². The van der Waals surface area contributed by atoms with E-state index in [2.05, 4.69) is 31.5 Å². The molecule has 2 aromatic rings. The van der Waals surface area contributed by atoms with E-state index in [1.807, 2.05) is 36.9 Å². The Bertz CT molecular complexity index is 685. The molecule has 25 heavy (non-hydrogen) atoms. The topological polar surface area (TPSA) is 41.4 Å². The zero-order valence-corrected chi connectivity index (χ0v) is 14.6. The number of hydrogen-bond acceptors (Lipinski definition) is 3. The van der Waals surface area contributed by atoms with Crippen molar-refractivity contribution in [2.75, 3.05) is 19.6 Å². The van der Waals surface area contributed by atoms with E-state index in [4.69, 9.17) is 0 Å². The van der Waals surface area contributed by atoms with Crippen molar-refractivity contribution in [2.24, 2.45) is 5.92 Å². The first-order valence-corrected chi connectivity index (χ1v) is 9.29. The number of hydrogen-bond donors (Lipinski definition) is 0. The molecule has 5 rings (SSSR count). The standard InChI is InChI=1S/C20H26N4O/c25-20(7-12-22-10-1-2-11-22)24-15-18-3-4-19(24)16-23(14-18)13-17-5-8-21-9-6-17/h1-2,5-6,8-11,18-19H,3-4,7,12-16H2/t18-,19+/m1/s1. The van der Waals surface area contributed by atoms with E-state index in [0.29, 0.717) is 24.3 Å². The Labute approximate surface area is 149 Å². The van der Waals surface area contributed by atoms with Gasteiger partial charge in [-0.15, -0.1) is 0 Å². The zero-order valence-electron chi connectivity index (χ0n) is 14.6. The third-order valence-electron chi connectivity index (χ3n) is 5.52. The number of amides is 1. The molecule has 132 valence electrons. The van der Waals surface area contributed by atoms with Crippen molar-refractivity contribution in [3.8, 4) is 0 Å². The first-order valence-electron chi connectivity index (χ1n) is 9.29. The highest BCUT2D eigenvalue weighted by Gasteiger charge is 2.36. The summed E-state index contributed by atoms with van der Waals surface area (Å²) >= 11 is 0. The van der Waals surface area contributed by atoms with E-state index >= 15 is 0 Å².